The van der Waals surface area contributed by atoms with Gasteiger partial charge < -0.3 is 19.3 Å². The molecule has 1 aromatic heterocycles. The van der Waals surface area contributed by atoms with Crippen LogP contribution in [-0.4, -0.2) is 67.7 Å². The van der Waals surface area contributed by atoms with E-state index < -0.39 is 63.1 Å². The Bertz CT molecular complexity index is 1100. The Kier molecular flexibility index (Phi) is 10.8. The molecule has 1 amide bonds. The first-order valence-corrected chi connectivity index (χ1v) is 12.6. The van der Waals surface area contributed by atoms with Crippen LogP contribution in [0, 0.1) is 5.92 Å². The third kappa shape index (κ3) is 8.80. The van der Waals surface area contributed by atoms with Crippen LogP contribution >= 0.6 is 11.6 Å². The maximum atomic E-state index is 13.1. The van der Waals surface area contributed by atoms with Crippen molar-refractivity contribution in [3.63, 3.8) is 0 Å². The smallest absolute Gasteiger partial charge is 0.421 e. The van der Waals surface area contributed by atoms with Crippen molar-refractivity contribution in [1.29, 1.82) is 0 Å². The molecule has 2 rings (SSSR count). The summed E-state index contributed by atoms with van der Waals surface area (Å²) in [4.78, 5) is 15.4. The molecule has 2 atom stereocenters. The van der Waals surface area contributed by atoms with Crippen molar-refractivity contribution >= 4 is 27.7 Å². The highest BCUT2D eigenvalue weighted by molar-refractivity contribution is 7.89. The summed E-state index contributed by atoms with van der Waals surface area (Å²) in [5.74, 6) is -1.93. The van der Waals surface area contributed by atoms with Crippen LogP contribution in [0.15, 0.2) is 42.6 Å². The van der Waals surface area contributed by atoms with Crippen molar-refractivity contribution in [3.8, 4) is 5.88 Å². The largest absolute Gasteiger partial charge is 0.472 e. The van der Waals surface area contributed by atoms with Gasteiger partial charge in [-0.1, -0.05) is 48.9 Å². The van der Waals surface area contributed by atoms with E-state index in [1.807, 2.05) is 0 Å². The Balaban J connectivity index is 2.31. The van der Waals surface area contributed by atoms with Gasteiger partial charge in [0.2, 0.25) is 15.9 Å². The lowest BCUT2D eigenvalue weighted by Gasteiger charge is -2.27. The SMILES string of the molecule is COCCOCC(C)C(CS(=O)(=O)N(Cc1ccccc1)C(=O)O)Oc1ncc(C(F)(F)F)cc1Cl. The number of pyridine rings is 1. The third-order valence-corrected chi connectivity index (χ3v) is 6.92. The fourth-order valence-electron chi connectivity index (χ4n) is 2.98. The second kappa shape index (κ2) is 13.1. The van der Waals surface area contributed by atoms with Gasteiger partial charge in [0.05, 0.1) is 31.9 Å². The van der Waals surface area contributed by atoms with E-state index in [0.29, 0.717) is 17.8 Å². The monoisotopic (exact) mass is 554 g/mol. The van der Waals surface area contributed by atoms with E-state index in [-0.39, 0.29) is 24.1 Å². The molecule has 0 saturated heterocycles. The van der Waals surface area contributed by atoms with Crippen molar-refractivity contribution in [2.45, 2.75) is 25.7 Å². The maximum absolute atomic E-state index is 13.1. The number of rotatable bonds is 13. The molecular weight excluding hydrogens is 529 g/mol. The Morgan fingerprint density at radius 1 is 1.22 bits per heavy atom. The van der Waals surface area contributed by atoms with E-state index >= 15 is 0 Å². The van der Waals surface area contributed by atoms with Crippen LogP contribution in [0.25, 0.3) is 0 Å². The Morgan fingerprint density at radius 2 is 1.89 bits per heavy atom. The molecular formula is C22H26ClF3N2O7S. The van der Waals surface area contributed by atoms with Gasteiger partial charge in [0.15, 0.2) is 0 Å². The number of hydrogen-bond donors (Lipinski definition) is 1. The molecule has 0 bridgehead atoms. The van der Waals surface area contributed by atoms with Gasteiger partial charge in [-0.3, -0.25) is 0 Å². The second-order valence-corrected chi connectivity index (χ2v) is 10.1. The number of sulfonamides is 1. The average molecular weight is 555 g/mol. The quantitative estimate of drug-likeness (QED) is 0.364. The number of methoxy groups -OCH3 is 1. The van der Waals surface area contributed by atoms with Gasteiger partial charge >= 0.3 is 12.3 Å². The molecule has 200 valence electrons. The summed E-state index contributed by atoms with van der Waals surface area (Å²) in [6.07, 6.45) is -7.16. The second-order valence-electron chi connectivity index (χ2n) is 7.76. The number of alkyl halides is 3. The zero-order valence-electron chi connectivity index (χ0n) is 19.4. The van der Waals surface area contributed by atoms with E-state index in [2.05, 4.69) is 4.98 Å². The molecule has 9 nitrogen and oxygen atoms in total. The number of halogens is 4. The molecule has 0 spiro atoms. The van der Waals surface area contributed by atoms with Gasteiger partial charge in [0, 0.05) is 19.2 Å². The fourth-order valence-corrected chi connectivity index (χ4v) is 4.76. The minimum Gasteiger partial charge on any atom is -0.472 e. The summed E-state index contributed by atoms with van der Waals surface area (Å²) >= 11 is 5.93. The molecule has 14 heteroatoms. The lowest BCUT2D eigenvalue weighted by Crippen LogP contribution is -2.44. The first kappa shape index (κ1) is 29.6. The molecule has 2 unspecified atom stereocenters. The number of carboxylic acid groups (broad SMARTS) is 1. The van der Waals surface area contributed by atoms with Gasteiger partial charge in [0.1, 0.15) is 16.9 Å². The fraction of sp³-hybridized carbons (Fsp3) is 0.455. The first-order valence-electron chi connectivity index (χ1n) is 10.6. The van der Waals surface area contributed by atoms with Crippen molar-refractivity contribution in [2.24, 2.45) is 5.92 Å². The molecule has 36 heavy (non-hydrogen) atoms. The van der Waals surface area contributed by atoms with Gasteiger partial charge in [-0.2, -0.15) is 17.5 Å². The number of aromatic nitrogens is 1. The van der Waals surface area contributed by atoms with Gasteiger partial charge in [-0.25, -0.2) is 18.2 Å². The van der Waals surface area contributed by atoms with Gasteiger partial charge in [-0.15, -0.1) is 0 Å². The Morgan fingerprint density at radius 3 is 2.44 bits per heavy atom. The van der Waals surface area contributed by atoms with Crippen molar-refractivity contribution in [2.75, 3.05) is 32.7 Å². The van der Waals surface area contributed by atoms with Crippen LogP contribution < -0.4 is 4.74 Å². The first-order chi connectivity index (χ1) is 16.8. The van der Waals surface area contributed by atoms with E-state index in [1.165, 1.54) is 7.11 Å². The molecule has 0 aliphatic heterocycles. The number of ether oxygens (including phenoxy) is 3. The zero-order valence-corrected chi connectivity index (χ0v) is 21.0. The standard InChI is InChI=1S/C22H26ClF3N2O7S/c1-15(13-34-9-8-33-2)19(35-20-18(23)10-17(11-27-20)22(24,25)26)14-36(31,32)28(21(29)30)12-16-6-4-3-5-7-16/h3-7,10-11,15,19H,8-9,12-14H2,1-2H3,(H,29,30). The zero-order chi connectivity index (χ0) is 26.9. The highest BCUT2D eigenvalue weighted by atomic mass is 35.5. The predicted molar refractivity (Wildman–Crippen MR) is 124 cm³/mol. The van der Waals surface area contributed by atoms with E-state index in [4.69, 9.17) is 25.8 Å². The summed E-state index contributed by atoms with van der Waals surface area (Å²) in [6.45, 7) is 1.58. The highest BCUT2D eigenvalue weighted by Crippen LogP contribution is 2.34. The Labute approximate surface area is 211 Å². The van der Waals surface area contributed by atoms with Crippen molar-refractivity contribution in [3.05, 3.63) is 58.7 Å². The van der Waals surface area contributed by atoms with Crippen molar-refractivity contribution in [1.82, 2.24) is 9.29 Å². The molecule has 0 radical (unpaired) electrons. The van der Waals surface area contributed by atoms with Crippen molar-refractivity contribution < 1.29 is 45.7 Å². The molecule has 0 saturated carbocycles. The number of benzene rings is 1. The highest BCUT2D eigenvalue weighted by Gasteiger charge is 2.35. The molecule has 2 aromatic rings. The number of amides is 1. The van der Waals surface area contributed by atoms with Crippen LogP contribution in [-0.2, 0) is 32.2 Å². The summed E-state index contributed by atoms with van der Waals surface area (Å²) in [5.41, 5.74) is -0.677. The number of carbonyl (C=O) groups is 1. The van der Waals surface area contributed by atoms with Crippen LogP contribution in [0.3, 0.4) is 0 Å². The number of nitrogens with zero attached hydrogens (tertiary/aromatic N) is 2. The lowest BCUT2D eigenvalue weighted by atomic mass is 10.1. The van der Waals surface area contributed by atoms with Crippen LogP contribution in [0.4, 0.5) is 18.0 Å². The predicted octanol–water partition coefficient (Wildman–Crippen LogP) is 4.31. The van der Waals surface area contributed by atoms with Gasteiger partial charge in [-0.05, 0) is 11.6 Å². The van der Waals surface area contributed by atoms with E-state index in [1.54, 1.807) is 37.3 Å². The summed E-state index contributed by atoms with van der Waals surface area (Å²) < 4.78 is 81.3. The summed E-state index contributed by atoms with van der Waals surface area (Å²) in [7, 11) is -3.02. The van der Waals surface area contributed by atoms with Gasteiger partial charge in [0.25, 0.3) is 0 Å². The molecule has 0 aliphatic rings. The Hall–Kier alpha value is -2.61. The molecule has 1 heterocycles. The normalized spacial score (nSPS) is 13.7. The lowest BCUT2D eigenvalue weighted by molar-refractivity contribution is -0.137. The summed E-state index contributed by atoms with van der Waals surface area (Å²) in [6, 6.07) is 8.69. The van der Waals surface area contributed by atoms with E-state index in [0.717, 1.165) is 0 Å². The van der Waals surface area contributed by atoms with E-state index in [9.17, 15) is 31.5 Å². The molecule has 1 aromatic carbocycles. The third-order valence-electron chi connectivity index (χ3n) is 4.94. The van der Waals surface area contributed by atoms with Crippen LogP contribution in [0.5, 0.6) is 5.88 Å². The molecule has 1 N–H and O–H groups in total. The van der Waals surface area contributed by atoms with Crippen LogP contribution in [0.2, 0.25) is 5.02 Å². The minimum atomic E-state index is -4.69. The average Bonchev–Trinajstić information content (AvgIpc) is 2.80. The topological polar surface area (TPSA) is 115 Å². The number of hydrogen-bond acceptors (Lipinski definition) is 7. The minimum absolute atomic E-state index is 0.0203. The molecule has 0 fully saturated rings. The van der Waals surface area contributed by atoms with Crippen LogP contribution in [0.1, 0.15) is 18.1 Å². The molecule has 0 aliphatic carbocycles. The summed E-state index contributed by atoms with van der Waals surface area (Å²) in [5, 5.41) is 9.10. The maximum Gasteiger partial charge on any atom is 0.421 e.